The van der Waals surface area contributed by atoms with Gasteiger partial charge in [-0.3, -0.25) is 9.59 Å². The quantitative estimate of drug-likeness (QED) is 0.664. The Balaban J connectivity index is 0.000000561. The van der Waals surface area contributed by atoms with Crippen LogP contribution in [0.15, 0.2) is 12.1 Å². The maximum Gasteiger partial charge on any atom is 0.150 e. The van der Waals surface area contributed by atoms with E-state index in [0.717, 1.165) is 23.7 Å². The Kier molecular flexibility index (Phi) is 9.66. The van der Waals surface area contributed by atoms with Gasteiger partial charge in [0.2, 0.25) is 0 Å². The molecule has 24 heavy (non-hydrogen) atoms. The summed E-state index contributed by atoms with van der Waals surface area (Å²) in [6.07, 6.45) is 1.65. The van der Waals surface area contributed by atoms with Crippen molar-refractivity contribution in [3.05, 3.63) is 34.4 Å². The topological polar surface area (TPSA) is 94.8 Å². The van der Waals surface area contributed by atoms with Crippen LogP contribution in [0.25, 0.3) is 0 Å². The first-order valence-electron chi connectivity index (χ1n) is 8.10. The van der Waals surface area contributed by atoms with E-state index in [-0.39, 0.29) is 19.8 Å². The maximum absolute atomic E-state index is 11.0. The summed E-state index contributed by atoms with van der Waals surface area (Å²) >= 11 is 0. The summed E-state index contributed by atoms with van der Waals surface area (Å²) in [7, 11) is 0. The van der Waals surface area contributed by atoms with E-state index in [9.17, 15) is 9.59 Å². The number of aliphatic hydroxyl groups excluding tert-OH is 3. The van der Waals surface area contributed by atoms with Crippen molar-refractivity contribution in [2.45, 2.75) is 46.5 Å². The van der Waals surface area contributed by atoms with Gasteiger partial charge in [-0.25, -0.2) is 0 Å². The van der Waals surface area contributed by atoms with Crippen LogP contribution in [0.1, 0.15) is 78.3 Å². The standard InChI is InChI=1S/C14H18O2.C5H12O3/c1-9(2)13-6-14(10(3)4)12(8-16)5-11(13)7-15;1-5(2-6,3-7)4-8/h5-10H,1-4H3;6-8H,2-4H2,1H3. The lowest BCUT2D eigenvalue weighted by Crippen LogP contribution is -2.29. The largest absolute Gasteiger partial charge is 0.396 e. The Morgan fingerprint density at radius 2 is 1.17 bits per heavy atom. The molecule has 0 aliphatic heterocycles. The molecule has 0 saturated carbocycles. The summed E-state index contributed by atoms with van der Waals surface area (Å²) in [4.78, 5) is 21.9. The molecule has 0 aliphatic rings. The van der Waals surface area contributed by atoms with Crippen LogP contribution >= 0.6 is 0 Å². The highest BCUT2D eigenvalue weighted by atomic mass is 16.3. The van der Waals surface area contributed by atoms with E-state index in [0.29, 0.717) is 23.0 Å². The second kappa shape index (κ2) is 10.3. The molecular weight excluding hydrogens is 308 g/mol. The molecule has 5 heteroatoms. The van der Waals surface area contributed by atoms with Crippen LogP contribution in [-0.2, 0) is 0 Å². The maximum atomic E-state index is 11.0. The zero-order valence-corrected chi connectivity index (χ0v) is 15.2. The van der Waals surface area contributed by atoms with Gasteiger partial charge in [-0.15, -0.1) is 0 Å². The number of benzene rings is 1. The van der Waals surface area contributed by atoms with E-state index >= 15 is 0 Å². The molecule has 0 aromatic heterocycles. The predicted molar refractivity (Wildman–Crippen MR) is 94.8 cm³/mol. The number of hydrogen-bond acceptors (Lipinski definition) is 5. The molecule has 0 fully saturated rings. The van der Waals surface area contributed by atoms with Gasteiger partial charge in [0.25, 0.3) is 0 Å². The molecule has 3 N–H and O–H groups in total. The summed E-state index contributed by atoms with van der Waals surface area (Å²) in [5.74, 6) is 0.580. The fourth-order valence-electron chi connectivity index (χ4n) is 2.02. The fraction of sp³-hybridized carbons (Fsp3) is 0.579. The molecular formula is C19H30O5. The highest BCUT2D eigenvalue weighted by Crippen LogP contribution is 2.26. The van der Waals surface area contributed by atoms with E-state index in [1.165, 1.54) is 0 Å². The number of rotatable bonds is 7. The lowest BCUT2D eigenvalue weighted by molar-refractivity contribution is 0.0200. The van der Waals surface area contributed by atoms with Gasteiger partial charge >= 0.3 is 0 Å². The van der Waals surface area contributed by atoms with E-state index in [2.05, 4.69) is 0 Å². The number of aldehydes is 2. The molecule has 0 saturated heterocycles. The summed E-state index contributed by atoms with van der Waals surface area (Å²) in [6.45, 7) is 9.26. The monoisotopic (exact) mass is 338 g/mol. The van der Waals surface area contributed by atoms with Gasteiger partial charge in [0.05, 0.1) is 19.8 Å². The van der Waals surface area contributed by atoms with Gasteiger partial charge in [0, 0.05) is 16.5 Å². The van der Waals surface area contributed by atoms with Crippen molar-refractivity contribution in [1.29, 1.82) is 0 Å². The average Bonchev–Trinajstić information content (AvgIpc) is 2.59. The van der Waals surface area contributed by atoms with Gasteiger partial charge in [-0.1, -0.05) is 40.7 Å². The zero-order valence-electron chi connectivity index (χ0n) is 15.2. The molecule has 0 spiro atoms. The number of hydrogen-bond donors (Lipinski definition) is 3. The van der Waals surface area contributed by atoms with Crippen molar-refractivity contribution in [2.24, 2.45) is 5.41 Å². The number of carbonyl (C=O) groups excluding carboxylic acids is 2. The second-order valence-corrected chi connectivity index (χ2v) is 6.94. The first kappa shape index (κ1) is 22.4. The Labute approximate surface area is 144 Å². The first-order valence-corrected chi connectivity index (χ1v) is 8.10. The molecule has 0 bridgehead atoms. The fourth-order valence-corrected chi connectivity index (χ4v) is 2.02. The Morgan fingerprint density at radius 3 is 1.33 bits per heavy atom. The number of aliphatic hydroxyl groups is 3. The minimum atomic E-state index is -0.708. The van der Waals surface area contributed by atoms with E-state index in [1.54, 1.807) is 13.0 Å². The molecule has 0 radical (unpaired) electrons. The predicted octanol–water partition coefficient (Wildman–Crippen LogP) is 2.53. The highest BCUT2D eigenvalue weighted by molar-refractivity contribution is 5.85. The SMILES string of the molecule is CC(C)c1cc(C(C)C)c(C=O)cc1C=O.CC(CO)(CO)CO. The molecule has 1 aromatic rings. The second-order valence-electron chi connectivity index (χ2n) is 6.94. The Hall–Kier alpha value is -1.56. The third kappa shape index (κ3) is 6.15. The Bertz CT molecular complexity index is 487. The molecule has 0 atom stereocenters. The summed E-state index contributed by atoms with van der Waals surface area (Å²) in [6, 6.07) is 3.69. The number of carbonyl (C=O) groups is 2. The van der Waals surface area contributed by atoms with Crippen LogP contribution in [-0.4, -0.2) is 47.7 Å². The third-order valence-corrected chi connectivity index (χ3v) is 3.93. The van der Waals surface area contributed by atoms with Crippen LogP contribution in [0.2, 0.25) is 0 Å². The molecule has 0 unspecified atom stereocenters. The Morgan fingerprint density at radius 1 is 0.833 bits per heavy atom. The van der Waals surface area contributed by atoms with Crippen molar-refractivity contribution < 1.29 is 24.9 Å². The summed E-state index contributed by atoms with van der Waals surface area (Å²) in [5, 5.41) is 25.4. The van der Waals surface area contributed by atoms with Crippen LogP contribution in [0, 0.1) is 5.41 Å². The smallest absolute Gasteiger partial charge is 0.150 e. The van der Waals surface area contributed by atoms with E-state index in [4.69, 9.17) is 15.3 Å². The zero-order chi connectivity index (χ0) is 18.9. The minimum Gasteiger partial charge on any atom is -0.396 e. The summed E-state index contributed by atoms with van der Waals surface area (Å²) < 4.78 is 0. The van der Waals surface area contributed by atoms with Crippen molar-refractivity contribution in [2.75, 3.05) is 19.8 Å². The van der Waals surface area contributed by atoms with Gasteiger partial charge in [0.15, 0.2) is 0 Å². The molecule has 136 valence electrons. The van der Waals surface area contributed by atoms with Gasteiger partial charge in [-0.2, -0.15) is 0 Å². The van der Waals surface area contributed by atoms with Gasteiger partial charge < -0.3 is 15.3 Å². The molecule has 1 rings (SSSR count). The molecule has 1 aromatic carbocycles. The van der Waals surface area contributed by atoms with Crippen LogP contribution < -0.4 is 0 Å². The summed E-state index contributed by atoms with van der Waals surface area (Å²) in [5.41, 5.74) is 2.58. The van der Waals surface area contributed by atoms with Crippen molar-refractivity contribution >= 4 is 12.6 Å². The van der Waals surface area contributed by atoms with Crippen molar-refractivity contribution in [1.82, 2.24) is 0 Å². The minimum absolute atomic E-state index is 0.181. The van der Waals surface area contributed by atoms with E-state index < -0.39 is 5.41 Å². The highest BCUT2D eigenvalue weighted by Gasteiger charge is 2.20. The lowest BCUT2D eigenvalue weighted by atomic mass is 9.88. The van der Waals surface area contributed by atoms with Crippen LogP contribution in [0.4, 0.5) is 0 Å². The third-order valence-electron chi connectivity index (χ3n) is 3.93. The molecule has 0 aliphatic carbocycles. The lowest BCUT2D eigenvalue weighted by Gasteiger charge is -2.20. The van der Waals surface area contributed by atoms with Crippen molar-refractivity contribution in [3.63, 3.8) is 0 Å². The normalized spacial score (nSPS) is 11.2. The molecule has 0 amide bonds. The molecule has 0 heterocycles. The van der Waals surface area contributed by atoms with Gasteiger partial charge in [0.1, 0.15) is 12.6 Å². The first-order chi connectivity index (χ1) is 11.2. The van der Waals surface area contributed by atoms with E-state index in [1.807, 2.05) is 33.8 Å². The average molecular weight is 338 g/mol. The van der Waals surface area contributed by atoms with Gasteiger partial charge in [-0.05, 0) is 29.0 Å². The molecule has 5 nitrogen and oxygen atoms in total. The van der Waals surface area contributed by atoms with Crippen molar-refractivity contribution in [3.8, 4) is 0 Å². The van der Waals surface area contributed by atoms with Crippen LogP contribution in [0.3, 0.4) is 0 Å². The van der Waals surface area contributed by atoms with Crippen LogP contribution in [0.5, 0.6) is 0 Å².